The van der Waals surface area contributed by atoms with Gasteiger partial charge < -0.3 is 0 Å². The smallest absolute Gasteiger partial charge is 0.178 e. The van der Waals surface area contributed by atoms with Crippen LogP contribution in [0, 0.1) is 34.5 Å². The molecule has 0 radical (unpaired) electrons. The maximum Gasteiger partial charge on any atom is 0.178 e. The average molecular weight is 385 g/mol. The number of carbonyl (C=O) groups excluding carboxylic acids is 2. The first-order chi connectivity index (χ1) is 10.9. The van der Waals surface area contributed by atoms with Crippen molar-refractivity contribution in [2.45, 2.75) is 59.3 Å². The van der Waals surface area contributed by atoms with Crippen molar-refractivity contribution in [3.63, 3.8) is 0 Å². The number of hydrogen-bond acceptors (Lipinski definition) is 2. The molecule has 3 fully saturated rings. The van der Waals surface area contributed by atoms with Gasteiger partial charge in [0, 0.05) is 11.3 Å². The highest BCUT2D eigenvalue weighted by Crippen LogP contribution is 2.65. The lowest BCUT2D eigenvalue weighted by atomic mass is 9.47. The van der Waals surface area contributed by atoms with E-state index in [2.05, 4.69) is 19.9 Å². The van der Waals surface area contributed by atoms with Crippen LogP contribution in [0.15, 0.2) is 23.8 Å². The molecule has 4 aliphatic rings. The highest BCUT2D eigenvalue weighted by molar-refractivity contribution is 6.01. The van der Waals surface area contributed by atoms with Gasteiger partial charge in [0.15, 0.2) is 5.78 Å². The average Bonchev–Trinajstić information content (AvgIpc) is 2.85. The molecule has 4 heteroatoms. The number of rotatable bonds is 1. The van der Waals surface area contributed by atoms with Crippen molar-refractivity contribution < 1.29 is 9.59 Å². The van der Waals surface area contributed by atoms with Crippen LogP contribution < -0.4 is 0 Å². The molecule has 4 rings (SSSR count). The van der Waals surface area contributed by atoms with Crippen LogP contribution >= 0.6 is 24.8 Å². The predicted molar refractivity (Wildman–Crippen MR) is 105 cm³/mol. The van der Waals surface area contributed by atoms with Gasteiger partial charge in [-0.3, -0.25) is 9.59 Å². The number of hydrogen-bond donors (Lipinski definition) is 0. The van der Waals surface area contributed by atoms with Gasteiger partial charge in [0.1, 0.15) is 5.78 Å². The van der Waals surface area contributed by atoms with E-state index in [-0.39, 0.29) is 47.3 Å². The number of carbonyl (C=O) groups is 2. The zero-order chi connectivity index (χ0) is 16.4. The van der Waals surface area contributed by atoms with Gasteiger partial charge >= 0.3 is 0 Å². The Hall–Kier alpha value is -0.600. The molecular formula is C21H30Cl2O2. The van der Waals surface area contributed by atoms with Crippen molar-refractivity contribution in [1.29, 1.82) is 0 Å². The van der Waals surface area contributed by atoms with E-state index in [1.165, 1.54) is 31.3 Å². The van der Waals surface area contributed by atoms with Crippen LogP contribution in [0.3, 0.4) is 0 Å². The molecule has 3 saturated carbocycles. The fourth-order valence-electron chi connectivity index (χ4n) is 6.87. The summed E-state index contributed by atoms with van der Waals surface area (Å²) < 4.78 is 0. The van der Waals surface area contributed by atoms with Crippen molar-refractivity contribution >= 4 is 36.4 Å². The number of ketones is 2. The third kappa shape index (κ3) is 2.84. The summed E-state index contributed by atoms with van der Waals surface area (Å²) in [4.78, 5) is 23.9. The number of allylic oxidation sites excluding steroid dienone is 4. The third-order valence-corrected chi connectivity index (χ3v) is 8.05. The summed E-state index contributed by atoms with van der Waals surface area (Å²) in [5, 5.41) is 0. The van der Waals surface area contributed by atoms with Crippen molar-refractivity contribution in [2.75, 3.05) is 0 Å². The Morgan fingerprint density at radius 2 is 1.80 bits per heavy atom. The summed E-state index contributed by atoms with van der Waals surface area (Å²) in [5.74, 6) is 2.91. The van der Waals surface area contributed by atoms with E-state index in [1.54, 1.807) is 13.0 Å². The van der Waals surface area contributed by atoms with Gasteiger partial charge in [-0.1, -0.05) is 25.5 Å². The summed E-state index contributed by atoms with van der Waals surface area (Å²) in [5.41, 5.74) is 1.65. The molecule has 6 atom stereocenters. The molecule has 0 saturated heterocycles. The van der Waals surface area contributed by atoms with E-state index in [9.17, 15) is 9.59 Å². The minimum atomic E-state index is 0. The van der Waals surface area contributed by atoms with E-state index in [1.807, 2.05) is 6.08 Å². The minimum absolute atomic E-state index is 0. The highest BCUT2D eigenvalue weighted by atomic mass is 35.5. The second kappa shape index (κ2) is 6.85. The van der Waals surface area contributed by atoms with Gasteiger partial charge in [-0.15, -0.1) is 24.8 Å². The third-order valence-electron chi connectivity index (χ3n) is 8.05. The molecule has 0 spiro atoms. The van der Waals surface area contributed by atoms with E-state index in [0.717, 1.165) is 18.8 Å². The topological polar surface area (TPSA) is 34.1 Å². The summed E-state index contributed by atoms with van der Waals surface area (Å²) >= 11 is 0. The SMILES string of the molecule is CC(=O)[C@H]1CC[C@H]2[C@@H]3CCC4=CC(=O)C=C[C@]4(C)[C@H]3CC[C@]12C.Cl.Cl. The molecule has 140 valence electrons. The summed E-state index contributed by atoms with van der Waals surface area (Å²) in [6, 6.07) is 0. The molecular weight excluding hydrogens is 355 g/mol. The van der Waals surface area contributed by atoms with Crippen molar-refractivity contribution in [2.24, 2.45) is 34.5 Å². The van der Waals surface area contributed by atoms with Gasteiger partial charge in [-0.2, -0.15) is 0 Å². The van der Waals surface area contributed by atoms with Crippen molar-refractivity contribution in [1.82, 2.24) is 0 Å². The van der Waals surface area contributed by atoms with E-state index < -0.39 is 0 Å². The lowest BCUT2D eigenvalue weighted by Crippen LogP contribution is -2.50. The molecule has 0 aromatic heterocycles. The van der Waals surface area contributed by atoms with Crippen LogP contribution in [-0.4, -0.2) is 11.6 Å². The zero-order valence-corrected chi connectivity index (χ0v) is 17.1. The largest absolute Gasteiger partial charge is 0.300 e. The monoisotopic (exact) mass is 384 g/mol. The lowest BCUT2D eigenvalue weighted by molar-refractivity contribution is -0.127. The second-order valence-corrected chi connectivity index (χ2v) is 8.89. The zero-order valence-electron chi connectivity index (χ0n) is 15.4. The van der Waals surface area contributed by atoms with Gasteiger partial charge in [0.25, 0.3) is 0 Å². The number of fused-ring (bicyclic) bond motifs is 5. The Morgan fingerprint density at radius 1 is 1.08 bits per heavy atom. The van der Waals surface area contributed by atoms with E-state index >= 15 is 0 Å². The van der Waals surface area contributed by atoms with Crippen molar-refractivity contribution in [3.05, 3.63) is 23.8 Å². The standard InChI is InChI=1S/C21H28O2.2ClH/c1-13(22)17-6-7-18-16-5-4-14-12-15(23)8-10-20(14,2)19(16)9-11-21(17,18)3;;/h8,10,12,16-19H,4-7,9,11H2,1-3H3;2*1H/t16-,17+,18-,19-,20-,21+;;/m0../s1. The highest BCUT2D eigenvalue weighted by Gasteiger charge is 2.59. The van der Waals surface area contributed by atoms with Gasteiger partial charge in [-0.25, -0.2) is 0 Å². The van der Waals surface area contributed by atoms with Crippen LogP contribution in [0.1, 0.15) is 59.3 Å². The summed E-state index contributed by atoms with van der Waals surface area (Å²) in [7, 11) is 0. The van der Waals surface area contributed by atoms with Crippen LogP contribution in [0.5, 0.6) is 0 Å². The molecule has 4 aliphatic carbocycles. The van der Waals surface area contributed by atoms with Gasteiger partial charge in [-0.05, 0) is 80.8 Å². The molecule has 0 aromatic rings. The quantitative estimate of drug-likeness (QED) is 0.610. The molecule has 2 nitrogen and oxygen atoms in total. The fourth-order valence-corrected chi connectivity index (χ4v) is 6.87. The minimum Gasteiger partial charge on any atom is -0.300 e. The molecule has 0 bridgehead atoms. The summed E-state index contributed by atoms with van der Waals surface area (Å²) in [6.07, 6.45) is 12.8. The van der Waals surface area contributed by atoms with Crippen LogP contribution in [0.25, 0.3) is 0 Å². The van der Waals surface area contributed by atoms with Crippen LogP contribution in [0.4, 0.5) is 0 Å². The maximum atomic E-state index is 12.1. The van der Waals surface area contributed by atoms with Crippen molar-refractivity contribution in [3.8, 4) is 0 Å². The Balaban J connectivity index is 0.00000113. The predicted octanol–water partition coefficient (Wildman–Crippen LogP) is 5.34. The Kier molecular flexibility index (Phi) is 5.67. The Labute approximate surface area is 163 Å². The molecule has 0 N–H and O–H groups in total. The first kappa shape index (κ1) is 20.7. The summed E-state index contributed by atoms with van der Waals surface area (Å²) in [6.45, 7) is 6.53. The fraction of sp³-hybridized carbons (Fsp3) is 0.714. The molecule has 25 heavy (non-hydrogen) atoms. The maximum absolute atomic E-state index is 12.1. The number of halogens is 2. The first-order valence-corrected chi connectivity index (χ1v) is 9.31. The normalized spacial score (nSPS) is 44.4. The molecule has 0 aliphatic heterocycles. The Morgan fingerprint density at radius 3 is 2.48 bits per heavy atom. The number of Topliss-reactive ketones (excluding diaryl/α,β-unsaturated/α-hetero) is 1. The Bertz CT molecular complexity index is 638. The molecule has 0 unspecified atom stereocenters. The van der Waals surface area contributed by atoms with Gasteiger partial charge in [0.2, 0.25) is 0 Å². The van der Waals surface area contributed by atoms with Crippen LogP contribution in [-0.2, 0) is 9.59 Å². The molecule has 0 amide bonds. The molecule has 0 heterocycles. The van der Waals surface area contributed by atoms with Crippen LogP contribution in [0.2, 0.25) is 0 Å². The molecule has 0 aromatic carbocycles. The lowest BCUT2D eigenvalue weighted by Gasteiger charge is -2.56. The van der Waals surface area contributed by atoms with E-state index in [0.29, 0.717) is 17.6 Å². The van der Waals surface area contributed by atoms with Gasteiger partial charge in [0.05, 0.1) is 0 Å². The first-order valence-electron chi connectivity index (χ1n) is 9.31. The second-order valence-electron chi connectivity index (χ2n) is 8.89. The van der Waals surface area contributed by atoms with E-state index in [4.69, 9.17) is 0 Å².